The van der Waals surface area contributed by atoms with E-state index in [0.717, 1.165) is 0 Å². The van der Waals surface area contributed by atoms with Gasteiger partial charge in [-0.2, -0.15) is 0 Å². The normalized spacial score (nSPS) is 12.0. The molecule has 0 atom stereocenters. The zero-order valence-electron chi connectivity index (χ0n) is 9.05. The Bertz CT molecular complexity index is 522. The fourth-order valence-electron chi connectivity index (χ4n) is 1.22. The first-order valence-corrected chi connectivity index (χ1v) is 6.94. The highest BCUT2D eigenvalue weighted by molar-refractivity contribution is 7.91. The summed E-state index contributed by atoms with van der Waals surface area (Å²) in [7, 11) is -3.67. The highest BCUT2D eigenvalue weighted by Gasteiger charge is 2.21. The maximum Gasteiger partial charge on any atom is 0.288 e. The summed E-state index contributed by atoms with van der Waals surface area (Å²) < 4.78 is 24.7. The van der Waals surface area contributed by atoms with Gasteiger partial charge in [-0.05, 0) is 13.8 Å². The summed E-state index contributed by atoms with van der Waals surface area (Å²) in [6, 6.07) is -0.111. The van der Waals surface area contributed by atoms with Crippen LogP contribution in [0.5, 0.6) is 0 Å². The molecule has 0 aliphatic carbocycles. The molecule has 0 fully saturated rings. The Kier molecular flexibility index (Phi) is 4.09. The molecule has 0 spiro atoms. The van der Waals surface area contributed by atoms with Crippen molar-refractivity contribution in [3.05, 3.63) is 22.7 Å². The minimum Gasteiger partial charge on any atom is -0.309 e. The van der Waals surface area contributed by atoms with Crippen LogP contribution in [-0.2, 0) is 9.84 Å². The Morgan fingerprint density at radius 2 is 2.12 bits per heavy atom. The van der Waals surface area contributed by atoms with E-state index < -0.39 is 20.4 Å². The standard InChI is InChI=1S/C9H13ClN2O3S/c1-7(2)12-5-4-11-8(9(12)13)16(14,15)6-3-10/h4-5,7H,3,6H2,1-2H3. The first kappa shape index (κ1) is 13.2. The first-order valence-electron chi connectivity index (χ1n) is 4.76. The highest BCUT2D eigenvalue weighted by atomic mass is 35.5. The second-order valence-electron chi connectivity index (χ2n) is 3.55. The van der Waals surface area contributed by atoms with Crippen molar-refractivity contribution in [2.75, 3.05) is 11.6 Å². The van der Waals surface area contributed by atoms with Crippen LogP contribution in [0.4, 0.5) is 0 Å². The summed E-state index contributed by atoms with van der Waals surface area (Å²) in [6.07, 6.45) is 2.77. The van der Waals surface area contributed by atoms with Crippen LogP contribution in [0, 0.1) is 0 Å². The van der Waals surface area contributed by atoms with E-state index in [1.54, 1.807) is 13.8 Å². The Balaban J connectivity index is 3.38. The van der Waals surface area contributed by atoms with Crippen molar-refractivity contribution < 1.29 is 8.42 Å². The third kappa shape index (κ3) is 2.62. The smallest absolute Gasteiger partial charge is 0.288 e. The number of sulfone groups is 1. The molecule has 90 valence electrons. The van der Waals surface area contributed by atoms with E-state index in [2.05, 4.69) is 4.98 Å². The molecule has 0 aliphatic heterocycles. The number of halogens is 1. The molecule has 0 aromatic carbocycles. The first-order chi connectivity index (χ1) is 7.40. The second kappa shape index (κ2) is 4.97. The van der Waals surface area contributed by atoms with Crippen LogP contribution < -0.4 is 5.56 Å². The minimum atomic E-state index is -3.67. The molecule has 1 aromatic heterocycles. The fourth-order valence-corrected chi connectivity index (χ4v) is 2.82. The molecular weight excluding hydrogens is 252 g/mol. The van der Waals surface area contributed by atoms with Gasteiger partial charge in [0.2, 0.25) is 14.9 Å². The van der Waals surface area contributed by atoms with Gasteiger partial charge in [0.15, 0.2) is 0 Å². The lowest BCUT2D eigenvalue weighted by molar-refractivity contribution is 0.549. The number of rotatable bonds is 4. The number of alkyl halides is 1. The number of hydrogen-bond acceptors (Lipinski definition) is 4. The monoisotopic (exact) mass is 264 g/mol. The topological polar surface area (TPSA) is 69.0 Å². The van der Waals surface area contributed by atoms with Crippen LogP contribution in [0.1, 0.15) is 19.9 Å². The van der Waals surface area contributed by atoms with Crippen LogP contribution >= 0.6 is 11.6 Å². The molecule has 16 heavy (non-hydrogen) atoms. The molecule has 0 saturated heterocycles. The zero-order chi connectivity index (χ0) is 12.3. The van der Waals surface area contributed by atoms with Crippen LogP contribution in [0.3, 0.4) is 0 Å². The summed E-state index contributed by atoms with van der Waals surface area (Å²) in [5, 5.41) is -0.427. The lowest BCUT2D eigenvalue weighted by atomic mass is 10.4. The van der Waals surface area contributed by atoms with Crippen LogP contribution in [0.25, 0.3) is 0 Å². The maximum atomic E-state index is 11.8. The fraction of sp³-hybridized carbons (Fsp3) is 0.556. The van der Waals surface area contributed by atoms with Gasteiger partial charge >= 0.3 is 0 Å². The van der Waals surface area contributed by atoms with E-state index in [1.807, 2.05) is 0 Å². The molecule has 0 unspecified atom stereocenters. The molecule has 1 heterocycles. The third-order valence-corrected chi connectivity index (χ3v) is 4.06. The van der Waals surface area contributed by atoms with E-state index in [9.17, 15) is 13.2 Å². The van der Waals surface area contributed by atoms with Gasteiger partial charge in [-0.25, -0.2) is 13.4 Å². The molecular formula is C9H13ClN2O3S. The van der Waals surface area contributed by atoms with Gasteiger partial charge < -0.3 is 4.57 Å². The van der Waals surface area contributed by atoms with Gasteiger partial charge in [0.05, 0.1) is 5.75 Å². The average molecular weight is 265 g/mol. The van der Waals surface area contributed by atoms with Crippen LogP contribution in [-0.4, -0.2) is 29.6 Å². The molecule has 0 bridgehead atoms. The summed E-state index contributed by atoms with van der Waals surface area (Å²) >= 11 is 5.37. The highest BCUT2D eigenvalue weighted by Crippen LogP contribution is 2.05. The predicted octanol–water partition coefficient (Wildman–Crippen LogP) is 0.837. The van der Waals surface area contributed by atoms with Crippen LogP contribution in [0.15, 0.2) is 22.2 Å². The van der Waals surface area contributed by atoms with E-state index in [0.29, 0.717) is 0 Å². The van der Waals surface area contributed by atoms with E-state index in [4.69, 9.17) is 11.6 Å². The molecule has 0 saturated carbocycles. The number of hydrogen-bond donors (Lipinski definition) is 0. The molecule has 7 heteroatoms. The second-order valence-corrected chi connectivity index (χ2v) is 5.95. The van der Waals surface area contributed by atoms with E-state index in [-0.39, 0.29) is 17.7 Å². The predicted molar refractivity (Wildman–Crippen MR) is 61.7 cm³/mol. The summed E-state index contributed by atoms with van der Waals surface area (Å²) in [5.74, 6) is -0.334. The Hall–Kier alpha value is -0.880. The Labute approximate surface area is 99.0 Å². The molecule has 5 nitrogen and oxygen atoms in total. The van der Waals surface area contributed by atoms with Gasteiger partial charge in [-0.1, -0.05) is 0 Å². The van der Waals surface area contributed by atoms with Crippen molar-refractivity contribution in [3.8, 4) is 0 Å². The molecule has 0 N–H and O–H groups in total. The van der Waals surface area contributed by atoms with Crippen molar-refractivity contribution in [1.29, 1.82) is 0 Å². The average Bonchev–Trinajstić information content (AvgIpc) is 2.17. The SMILES string of the molecule is CC(C)n1ccnc(S(=O)(=O)CCCl)c1=O. The minimum absolute atomic E-state index is 0.0555. The van der Waals surface area contributed by atoms with Crippen molar-refractivity contribution >= 4 is 21.4 Å². The van der Waals surface area contributed by atoms with E-state index >= 15 is 0 Å². The quantitative estimate of drug-likeness (QED) is 0.756. The van der Waals surface area contributed by atoms with Crippen molar-refractivity contribution in [2.24, 2.45) is 0 Å². The third-order valence-electron chi connectivity index (χ3n) is 2.03. The van der Waals surface area contributed by atoms with Crippen molar-refractivity contribution in [3.63, 3.8) is 0 Å². The van der Waals surface area contributed by atoms with Gasteiger partial charge in [-0.15, -0.1) is 11.6 Å². The zero-order valence-corrected chi connectivity index (χ0v) is 10.6. The van der Waals surface area contributed by atoms with E-state index in [1.165, 1.54) is 17.0 Å². The van der Waals surface area contributed by atoms with Gasteiger partial charge in [0, 0.05) is 24.3 Å². The van der Waals surface area contributed by atoms with Crippen molar-refractivity contribution in [1.82, 2.24) is 9.55 Å². The maximum absolute atomic E-state index is 11.8. The summed E-state index contributed by atoms with van der Waals surface area (Å²) in [4.78, 5) is 15.4. The molecule has 0 aliphatic rings. The number of aromatic nitrogens is 2. The van der Waals surface area contributed by atoms with Gasteiger partial charge in [-0.3, -0.25) is 4.79 Å². The summed E-state index contributed by atoms with van der Waals surface area (Å²) in [5.41, 5.74) is -0.595. The largest absolute Gasteiger partial charge is 0.309 e. The van der Waals surface area contributed by atoms with Gasteiger partial charge in [0.25, 0.3) is 5.56 Å². The Morgan fingerprint density at radius 1 is 1.50 bits per heavy atom. The lowest BCUT2D eigenvalue weighted by Crippen LogP contribution is -2.29. The van der Waals surface area contributed by atoms with Crippen LogP contribution in [0.2, 0.25) is 0 Å². The summed E-state index contributed by atoms with van der Waals surface area (Å²) in [6.45, 7) is 3.58. The Morgan fingerprint density at radius 3 is 2.62 bits per heavy atom. The molecule has 0 radical (unpaired) electrons. The lowest BCUT2D eigenvalue weighted by Gasteiger charge is -2.10. The van der Waals surface area contributed by atoms with Gasteiger partial charge in [0.1, 0.15) is 0 Å². The molecule has 1 aromatic rings. The van der Waals surface area contributed by atoms with Crippen molar-refractivity contribution in [2.45, 2.75) is 24.9 Å². The molecule has 1 rings (SSSR count). The molecule has 0 amide bonds. The number of nitrogens with zero attached hydrogens (tertiary/aromatic N) is 2.